The minimum absolute atomic E-state index is 0.0892. The maximum atomic E-state index is 12.5. The van der Waals surface area contributed by atoms with E-state index >= 15 is 0 Å². The Morgan fingerprint density at radius 3 is 2.55 bits per heavy atom. The number of carbonyl (C=O) groups is 1. The standard InChI is InChI=1S/C15H19N3O2/c1-4-18-10-11(16)9-14(18)15(19)17(2)12-5-7-13(20-3)8-6-12/h5-10H,4,16H2,1-3H3. The summed E-state index contributed by atoms with van der Waals surface area (Å²) in [4.78, 5) is 14.1. The Morgan fingerprint density at radius 1 is 1.35 bits per heavy atom. The van der Waals surface area contributed by atoms with Crippen LogP contribution in [0.5, 0.6) is 5.75 Å². The second-order valence-corrected chi connectivity index (χ2v) is 4.51. The van der Waals surface area contributed by atoms with Gasteiger partial charge < -0.3 is 19.9 Å². The number of anilines is 2. The van der Waals surface area contributed by atoms with Gasteiger partial charge in [-0.15, -0.1) is 0 Å². The van der Waals surface area contributed by atoms with E-state index in [9.17, 15) is 4.79 Å². The second-order valence-electron chi connectivity index (χ2n) is 4.51. The zero-order valence-corrected chi connectivity index (χ0v) is 12.0. The van der Waals surface area contributed by atoms with Crippen LogP contribution in [-0.2, 0) is 6.54 Å². The molecule has 5 heteroatoms. The first-order valence-corrected chi connectivity index (χ1v) is 6.44. The van der Waals surface area contributed by atoms with Crippen LogP contribution < -0.4 is 15.4 Å². The fourth-order valence-corrected chi connectivity index (χ4v) is 2.07. The summed E-state index contributed by atoms with van der Waals surface area (Å²) in [5.74, 6) is 0.671. The molecule has 2 rings (SSSR count). The maximum absolute atomic E-state index is 12.5. The number of hydrogen-bond donors (Lipinski definition) is 1. The third kappa shape index (κ3) is 2.61. The van der Waals surface area contributed by atoms with Crippen molar-refractivity contribution in [2.45, 2.75) is 13.5 Å². The zero-order chi connectivity index (χ0) is 14.7. The summed E-state index contributed by atoms with van der Waals surface area (Å²) in [5.41, 5.74) is 7.75. The molecule has 5 nitrogen and oxygen atoms in total. The molecule has 0 atom stereocenters. The Bertz CT molecular complexity index is 602. The van der Waals surface area contributed by atoms with Crippen molar-refractivity contribution in [2.24, 2.45) is 0 Å². The van der Waals surface area contributed by atoms with Gasteiger partial charge >= 0.3 is 0 Å². The number of aryl methyl sites for hydroxylation is 1. The number of amides is 1. The summed E-state index contributed by atoms with van der Waals surface area (Å²) in [6.07, 6.45) is 1.77. The van der Waals surface area contributed by atoms with E-state index in [0.29, 0.717) is 17.9 Å². The number of rotatable bonds is 4. The van der Waals surface area contributed by atoms with Crippen molar-refractivity contribution in [2.75, 3.05) is 24.8 Å². The van der Waals surface area contributed by atoms with Gasteiger partial charge in [-0.1, -0.05) is 0 Å². The Kier molecular flexibility index (Phi) is 3.98. The van der Waals surface area contributed by atoms with Crippen LogP contribution in [0.15, 0.2) is 36.5 Å². The molecule has 0 unspecified atom stereocenters. The highest BCUT2D eigenvalue weighted by molar-refractivity contribution is 6.05. The summed E-state index contributed by atoms with van der Waals surface area (Å²) in [7, 11) is 3.36. The average Bonchev–Trinajstić information content (AvgIpc) is 2.87. The van der Waals surface area contributed by atoms with Crippen LogP contribution in [0.4, 0.5) is 11.4 Å². The van der Waals surface area contributed by atoms with Crippen LogP contribution in [0.3, 0.4) is 0 Å². The van der Waals surface area contributed by atoms with Crippen LogP contribution in [0.1, 0.15) is 17.4 Å². The Hall–Kier alpha value is -2.43. The molecule has 1 aromatic carbocycles. The first kappa shape index (κ1) is 14.0. The molecule has 1 aromatic heterocycles. The van der Waals surface area contributed by atoms with Gasteiger partial charge in [0.25, 0.3) is 5.91 Å². The second kappa shape index (κ2) is 5.69. The van der Waals surface area contributed by atoms with Crippen molar-refractivity contribution < 1.29 is 9.53 Å². The fraction of sp³-hybridized carbons (Fsp3) is 0.267. The molecule has 0 saturated heterocycles. The topological polar surface area (TPSA) is 60.5 Å². The number of methoxy groups -OCH3 is 1. The van der Waals surface area contributed by atoms with Gasteiger partial charge in [-0.3, -0.25) is 4.79 Å². The summed E-state index contributed by atoms with van der Waals surface area (Å²) in [6.45, 7) is 2.68. The van der Waals surface area contributed by atoms with E-state index in [4.69, 9.17) is 10.5 Å². The van der Waals surface area contributed by atoms with E-state index in [1.807, 2.05) is 35.8 Å². The minimum atomic E-state index is -0.0892. The minimum Gasteiger partial charge on any atom is -0.497 e. The zero-order valence-electron chi connectivity index (χ0n) is 12.0. The Labute approximate surface area is 118 Å². The highest BCUT2D eigenvalue weighted by Crippen LogP contribution is 2.21. The highest BCUT2D eigenvalue weighted by Gasteiger charge is 2.17. The van der Waals surface area contributed by atoms with Gasteiger partial charge in [-0.2, -0.15) is 0 Å². The van der Waals surface area contributed by atoms with E-state index in [1.54, 1.807) is 31.3 Å². The quantitative estimate of drug-likeness (QED) is 0.930. The van der Waals surface area contributed by atoms with Gasteiger partial charge in [-0.25, -0.2) is 0 Å². The summed E-state index contributed by atoms with van der Waals surface area (Å²) in [5, 5.41) is 0. The molecule has 0 fully saturated rings. The predicted octanol–water partition coefficient (Wildman–Crippen LogP) is 2.38. The highest BCUT2D eigenvalue weighted by atomic mass is 16.5. The molecular weight excluding hydrogens is 254 g/mol. The first-order chi connectivity index (χ1) is 9.56. The average molecular weight is 273 g/mol. The number of ether oxygens (including phenoxy) is 1. The number of carbonyl (C=O) groups excluding carboxylic acids is 1. The van der Waals surface area contributed by atoms with E-state index < -0.39 is 0 Å². The van der Waals surface area contributed by atoms with Crippen LogP contribution in [0, 0.1) is 0 Å². The lowest BCUT2D eigenvalue weighted by Crippen LogP contribution is -2.28. The normalized spacial score (nSPS) is 10.3. The maximum Gasteiger partial charge on any atom is 0.274 e. The summed E-state index contributed by atoms with van der Waals surface area (Å²) in [6, 6.07) is 9.04. The molecule has 0 spiro atoms. The van der Waals surface area contributed by atoms with Gasteiger partial charge in [0.1, 0.15) is 11.4 Å². The molecule has 20 heavy (non-hydrogen) atoms. The van der Waals surface area contributed by atoms with E-state index in [-0.39, 0.29) is 5.91 Å². The monoisotopic (exact) mass is 273 g/mol. The van der Waals surface area contributed by atoms with Crippen molar-refractivity contribution in [3.8, 4) is 5.75 Å². The van der Waals surface area contributed by atoms with Gasteiger partial charge in [0.15, 0.2) is 0 Å². The van der Waals surface area contributed by atoms with Crippen LogP contribution in [-0.4, -0.2) is 24.6 Å². The first-order valence-electron chi connectivity index (χ1n) is 6.44. The SMILES string of the molecule is CCn1cc(N)cc1C(=O)N(C)c1ccc(OC)cc1. The lowest BCUT2D eigenvalue weighted by atomic mass is 10.2. The van der Waals surface area contributed by atoms with Gasteiger partial charge in [0, 0.05) is 25.5 Å². The van der Waals surface area contributed by atoms with Crippen LogP contribution >= 0.6 is 0 Å². The molecule has 0 aliphatic carbocycles. The largest absolute Gasteiger partial charge is 0.497 e. The molecule has 1 amide bonds. The molecule has 106 valence electrons. The van der Waals surface area contributed by atoms with Gasteiger partial charge in [0.05, 0.1) is 12.8 Å². The number of hydrogen-bond acceptors (Lipinski definition) is 3. The lowest BCUT2D eigenvalue weighted by Gasteiger charge is -2.18. The smallest absolute Gasteiger partial charge is 0.274 e. The fourth-order valence-electron chi connectivity index (χ4n) is 2.07. The Balaban J connectivity index is 2.27. The van der Waals surface area contributed by atoms with Crippen molar-refractivity contribution in [1.29, 1.82) is 0 Å². The number of nitrogen functional groups attached to an aromatic ring is 1. The number of nitrogens with two attached hydrogens (primary N) is 1. The molecule has 2 aromatic rings. The number of nitrogens with zero attached hydrogens (tertiary/aromatic N) is 2. The number of aromatic nitrogens is 1. The molecule has 0 radical (unpaired) electrons. The lowest BCUT2D eigenvalue weighted by molar-refractivity contribution is 0.0984. The molecule has 0 bridgehead atoms. The molecular formula is C15H19N3O2. The molecule has 1 heterocycles. The van der Waals surface area contributed by atoms with E-state index in [1.165, 1.54) is 0 Å². The third-order valence-corrected chi connectivity index (χ3v) is 3.24. The third-order valence-electron chi connectivity index (χ3n) is 3.24. The summed E-state index contributed by atoms with van der Waals surface area (Å²) >= 11 is 0. The molecule has 0 saturated carbocycles. The van der Waals surface area contributed by atoms with Crippen molar-refractivity contribution in [1.82, 2.24) is 4.57 Å². The summed E-state index contributed by atoms with van der Waals surface area (Å²) < 4.78 is 6.95. The van der Waals surface area contributed by atoms with Crippen molar-refractivity contribution in [3.63, 3.8) is 0 Å². The molecule has 0 aliphatic heterocycles. The van der Waals surface area contributed by atoms with Crippen molar-refractivity contribution in [3.05, 3.63) is 42.2 Å². The van der Waals surface area contributed by atoms with Crippen LogP contribution in [0.25, 0.3) is 0 Å². The van der Waals surface area contributed by atoms with E-state index in [0.717, 1.165) is 11.4 Å². The van der Waals surface area contributed by atoms with Crippen LogP contribution in [0.2, 0.25) is 0 Å². The van der Waals surface area contributed by atoms with Gasteiger partial charge in [0.2, 0.25) is 0 Å². The Morgan fingerprint density at radius 2 is 2.00 bits per heavy atom. The van der Waals surface area contributed by atoms with E-state index in [2.05, 4.69) is 0 Å². The van der Waals surface area contributed by atoms with Gasteiger partial charge in [-0.05, 0) is 37.3 Å². The van der Waals surface area contributed by atoms with Crippen molar-refractivity contribution >= 4 is 17.3 Å². The molecule has 2 N–H and O–H groups in total. The predicted molar refractivity (Wildman–Crippen MR) is 80.2 cm³/mol. The number of benzene rings is 1. The molecule has 0 aliphatic rings.